The number of hydrogen-bond acceptors (Lipinski definition) is 3. The van der Waals surface area contributed by atoms with Crippen LogP contribution < -0.4 is 10.1 Å². The van der Waals surface area contributed by atoms with Gasteiger partial charge in [0.05, 0.1) is 6.04 Å². The standard InChI is InChI=1S/C14H17F3N2O2/c1-3-11-13(20)19(4-2)12(18-11)9-5-7-10(8-6-9)21-14(15,16)17/h5-8,11-12,18H,3-4H2,1-2H3. The fraction of sp³-hybridized carbons (Fsp3) is 0.500. The van der Waals surface area contributed by atoms with Crippen LogP contribution in [0.15, 0.2) is 24.3 Å². The first kappa shape index (κ1) is 15.6. The quantitative estimate of drug-likeness (QED) is 0.930. The second-order valence-corrected chi connectivity index (χ2v) is 4.77. The predicted molar refractivity (Wildman–Crippen MR) is 70.5 cm³/mol. The van der Waals surface area contributed by atoms with E-state index < -0.39 is 6.36 Å². The van der Waals surface area contributed by atoms with Gasteiger partial charge >= 0.3 is 6.36 Å². The normalized spacial score (nSPS) is 22.7. The minimum Gasteiger partial charge on any atom is -0.406 e. The summed E-state index contributed by atoms with van der Waals surface area (Å²) in [6, 6.07) is 5.32. The maximum Gasteiger partial charge on any atom is 0.573 e. The van der Waals surface area contributed by atoms with Crippen molar-refractivity contribution >= 4 is 5.91 Å². The van der Waals surface area contributed by atoms with Crippen LogP contribution in [0.1, 0.15) is 32.0 Å². The molecule has 0 saturated carbocycles. The van der Waals surface area contributed by atoms with E-state index in [2.05, 4.69) is 10.1 Å². The van der Waals surface area contributed by atoms with Gasteiger partial charge in [-0.1, -0.05) is 19.1 Å². The number of halogens is 3. The van der Waals surface area contributed by atoms with Crippen molar-refractivity contribution in [3.63, 3.8) is 0 Å². The van der Waals surface area contributed by atoms with Crippen molar-refractivity contribution in [2.24, 2.45) is 0 Å². The minimum atomic E-state index is -4.70. The van der Waals surface area contributed by atoms with Crippen molar-refractivity contribution < 1.29 is 22.7 Å². The number of rotatable bonds is 4. The molecule has 1 aromatic rings. The van der Waals surface area contributed by atoms with Gasteiger partial charge in [-0.3, -0.25) is 10.1 Å². The Kier molecular flexibility index (Phi) is 4.41. The van der Waals surface area contributed by atoms with E-state index in [-0.39, 0.29) is 23.9 Å². The number of hydrogen-bond donors (Lipinski definition) is 1. The number of likely N-dealkylation sites (N-methyl/N-ethyl adjacent to an activating group) is 1. The summed E-state index contributed by atoms with van der Waals surface area (Å²) in [5.41, 5.74) is 0.732. The number of benzene rings is 1. The Morgan fingerprint density at radius 3 is 2.33 bits per heavy atom. The van der Waals surface area contributed by atoms with Crippen LogP contribution in [0.3, 0.4) is 0 Å². The highest BCUT2D eigenvalue weighted by Crippen LogP contribution is 2.29. The van der Waals surface area contributed by atoms with Crippen LogP contribution in [0.5, 0.6) is 5.75 Å². The molecule has 0 aromatic heterocycles. The molecule has 1 saturated heterocycles. The topological polar surface area (TPSA) is 41.6 Å². The van der Waals surface area contributed by atoms with Crippen molar-refractivity contribution in [3.8, 4) is 5.75 Å². The molecule has 1 fully saturated rings. The van der Waals surface area contributed by atoms with E-state index in [1.807, 2.05) is 13.8 Å². The maximum absolute atomic E-state index is 12.1. The molecule has 21 heavy (non-hydrogen) atoms. The first-order valence-electron chi connectivity index (χ1n) is 6.78. The molecule has 1 aliphatic rings. The SMILES string of the molecule is CCC1NC(c2ccc(OC(F)(F)F)cc2)N(CC)C1=O. The average molecular weight is 302 g/mol. The molecule has 2 rings (SSSR count). The Hall–Kier alpha value is -1.76. The van der Waals surface area contributed by atoms with E-state index in [1.165, 1.54) is 24.3 Å². The third-order valence-corrected chi connectivity index (χ3v) is 3.43. The molecule has 2 atom stereocenters. The van der Waals surface area contributed by atoms with Crippen LogP contribution in [-0.4, -0.2) is 29.8 Å². The molecule has 0 aliphatic carbocycles. The molecule has 1 N–H and O–H groups in total. The first-order valence-corrected chi connectivity index (χ1v) is 6.78. The van der Waals surface area contributed by atoms with Gasteiger partial charge in [-0.25, -0.2) is 0 Å². The summed E-state index contributed by atoms with van der Waals surface area (Å²) in [5.74, 6) is -0.258. The highest BCUT2D eigenvalue weighted by molar-refractivity contribution is 5.84. The summed E-state index contributed by atoms with van der Waals surface area (Å²) in [6.07, 6.45) is -4.35. The molecular formula is C14H17F3N2O2. The molecule has 1 aromatic carbocycles. The highest BCUT2D eigenvalue weighted by atomic mass is 19.4. The van der Waals surface area contributed by atoms with E-state index >= 15 is 0 Å². The molecular weight excluding hydrogens is 285 g/mol. The van der Waals surface area contributed by atoms with Crippen LogP contribution in [0.4, 0.5) is 13.2 Å². The monoisotopic (exact) mass is 302 g/mol. The molecule has 7 heteroatoms. The summed E-state index contributed by atoms with van der Waals surface area (Å²) in [5, 5.41) is 3.19. The second kappa shape index (κ2) is 5.93. The van der Waals surface area contributed by atoms with Crippen molar-refractivity contribution in [2.45, 2.75) is 38.8 Å². The smallest absolute Gasteiger partial charge is 0.406 e. The molecule has 4 nitrogen and oxygen atoms in total. The van der Waals surface area contributed by atoms with E-state index in [0.29, 0.717) is 13.0 Å². The van der Waals surface area contributed by atoms with Crippen molar-refractivity contribution in [3.05, 3.63) is 29.8 Å². The number of carbonyl (C=O) groups excluding carboxylic acids is 1. The maximum atomic E-state index is 12.1. The Morgan fingerprint density at radius 1 is 1.24 bits per heavy atom. The van der Waals surface area contributed by atoms with Gasteiger partial charge in [0.2, 0.25) is 5.91 Å². The molecule has 1 aliphatic heterocycles. The third-order valence-electron chi connectivity index (χ3n) is 3.43. The van der Waals surface area contributed by atoms with Gasteiger partial charge in [-0.15, -0.1) is 13.2 Å². The zero-order valence-electron chi connectivity index (χ0n) is 11.8. The first-order chi connectivity index (χ1) is 9.85. The van der Waals surface area contributed by atoms with Gasteiger partial charge in [-0.2, -0.15) is 0 Å². The zero-order valence-corrected chi connectivity index (χ0v) is 11.8. The summed E-state index contributed by atoms with van der Waals surface area (Å²) in [4.78, 5) is 13.8. The van der Waals surface area contributed by atoms with Crippen LogP contribution in [-0.2, 0) is 4.79 Å². The van der Waals surface area contributed by atoms with E-state index in [1.54, 1.807) is 4.90 Å². The van der Waals surface area contributed by atoms with Crippen molar-refractivity contribution in [1.29, 1.82) is 0 Å². The predicted octanol–water partition coefficient (Wildman–Crippen LogP) is 2.81. The molecule has 116 valence electrons. The van der Waals surface area contributed by atoms with Crippen LogP contribution in [0, 0.1) is 0 Å². The third kappa shape index (κ3) is 3.47. The Balaban J connectivity index is 2.16. The lowest BCUT2D eigenvalue weighted by atomic mass is 10.1. The van der Waals surface area contributed by atoms with E-state index in [4.69, 9.17) is 0 Å². The largest absolute Gasteiger partial charge is 0.573 e. The molecule has 0 spiro atoms. The van der Waals surface area contributed by atoms with Gasteiger partial charge in [0.25, 0.3) is 0 Å². The number of nitrogens with zero attached hydrogens (tertiary/aromatic N) is 1. The van der Waals surface area contributed by atoms with Gasteiger partial charge in [0.1, 0.15) is 11.9 Å². The Morgan fingerprint density at radius 2 is 1.86 bits per heavy atom. The molecule has 2 unspecified atom stereocenters. The average Bonchev–Trinajstić information content (AvgIpc) is 2.74. The van der Waals surface area contributed by atoms with Crippen LogP contribution in [0.2, 0.25) is 0 Å². The number of alkyl halides is 3. The fourth-order valence-corrected chi connectivity index (χ4v) is 2.44. The lowest BCUT2D eigenvalue weighted by molar-refractivity contribution is -0.274. The highest BCUT2D eigenvalue weighted by Gasteiger charge is 2.37. The minimum absolute atomic E-state index is 0.0145. The summed E-state index contributed by atoms with van der Waals surface area (Å²) >= 11 is 0. The fourth-order valence-electron chi connectivity index (χ4n) is 2.44. The molecule has 1 heterocycles. The lowest BCUT2D eigenvalue weighted by Gasteiger charge is -2.23. The van der Waals surface area contributed by atoms with Crippen LogP contribution >= 0.6 is 0 Å². The summed E-state index contributed by atoms with van der Waals surface area (Å²) in [6.45, 7) is 4.31. The Bertz CT molecular complexity index is 502. The van der Waals surface area contributed by atoms with Gasteiger partial charge in [0, 0.05) is 6.54 Å². The number of nitrogens with one attached hydrogen (secondary N) is 1. The molecule has 0 bridgehead atoms. The van der Waals surface area contributed by atoms with Crippen LogP contribution in [0.25, 0.3) is 0 Å². The van der Waals surface area contributed by atoms with E-state index in [0.717, 1.165) is 5.56 Å². The number of carbonyl (C=O) groups is 1. The van der Waals surface area contributed by atoms with Crippen molar-refractivity contribution in [1.82, 2.24) is 10.2 Å². The van der Waals surface area contributed by atoms with Gasteiger partial charge in [0.15, 0.2) is 0 Å². The second-order valence-electron chi connectivity index (χ2n) is 4.77. The van der Waals surface area contributed by atoms with Crippen molar-refractivity contribution in [2.75, 3.05) is 6.54 Å². The lowest BCUT2D eigenvalue weighted by Crippen LogP contribution is -2.30. The summed E-state index contributed by atoms with van der Waals surface area (Å²) < 4.78 is 40.2. The molecule has 0 radical (unpaired) electrons. The van der Waals surface area contributed by atoms with E-state index in [9.17, 15) is 18.0 Å². The number of amides is 1. The summed E-state index contributed by atoms with van der Waals surface area (Å²) in [7, 11) is 0. The zero-order chi connectivity index (χ0) is 15.6. The Labute approximate surface area is 120 Å². The van der Waals surface area contributed by atoms with Gasteiger partial charge in [-0.05, 0) is 31.0 Å². The molecule has 1 amide bonds. The number of ether oxygens (including phenoxy) is 1. The van der Waals surface area contributed by atoms with Gasteiger partial charge < -0.3 is 9.64 Å².